The van der Waals surface area contributed by atoms with Crippen LogP contribution in [0.5, 0.6) is 0 Å². The molecule has 0 radical (unpaired) electrons. The van der Waals surface area contributed by atoms with E-state index in [9.17, 15) is 0 Å². The van der Waals surface area contributed by atoms with Crippen LogP contribution < -0.4 is 10.2 Å². The van der Waals surface area contributed by atoms with Crippen LogP contribution in [0.2, 0.25) is 0 Å². The van der Waals surface area contributed by atoms with Crippen molar-refractivity contribution in [3.8, 4) is 5.69 Å². The third-order valence-electron chi connectivity index (χ3n) is 10.9. The van der Waals surface area contributed by atoms with Crippen LogP contribution >= 0.6 is 11.8 Å². The Morgan fingerprint density at radius 3 is 2.29 bits per heavy atom. The average molecular weight is 676 g/mol. The molecule has 1 N–H and O–H groups in total. The molecule has 5 nitrogen and oxygen atoms in total. The van der Waals surface area contributed by atoms with Crippen LogP contribution in [-0.2, 0) is 0 Å². The fourth-order valence-corrected chi connectivity index (χ4v) is 9.94. The number of aliphatic imine (C=N–C) groups is 2. The standard InChI is InChI=1S/C45H33N5S/c1-3-13-28(14-4-1)43-46-44(29-15-5-2-6-16-29)48-45(47-43)50-38-21-11-8-18-32(38)35-25-24-34-31-17-7-10-20-37(31)49(41(34)42(35)50)30-23-26-40-36(27-30)33-19-9-12-22-39(33)51-40/h1-27,32-33,38-39,43H,(H,46,47,48). The predicted molar refractivity (Wildman–Crippen MR) is 211 cm³/mol. The number of para-hydroxylation sites is 1. The summed E-state index contributed by atoms with van der Waals surface area (Å²) in [4.78, 5) is 14.6. The van der Waals surface area contributed by atoms with Crippen molar-refractivity contribution in [2.75, 3.05) is 4.90 Å². The van der Waals surface area contributed by atoms with Gasteiger partial charge in [-0.3, -0.25) is 0 Å². The normalized spacial score (nSPS) is 23.8. The third-order valence-corrected chi connectivity index (χ3v) is 12.3. The monoisotopic (exact) mass is 675 g/mol. The molecule has 0 fully saturated rings. The number of guanidine groups is 1. The Morgan fingerprint density at radius 2 is 1.41 bits per heavy atom. The van der Waals surface area contributed by atoms with Gasteiger partial charge in [-0.2, -0.15) is 4.99 Å². The van der Waals surface area contributed by atoms with E-state index in [-0.39, 0.29) is 18.1 Å². The molecule has 6 heteroatoms. The third kappa shape index (κ3) is 4.42. The molecular formula is C45H33N5S. The van der Waals surface area contributed by atoms with E-state index in [4.69, 9.17) is 9.98 Å². The number of aromatic nitrogens is 1. The molecule has 3 aliphatic heterocycles. The number of hydrogen-bond donors (Lipinski definition) is 1. The Balaban J connectivity index is 1.18. The molecule has 0 spiro atoms. The van der Waals surface area contributed by atoms with Crippen LogP contribution in [-0.4, -0.2) is 27.7 Å². The van der Waals surface area contributed by atoms with Crippen LogP contribution in [0.25, 0.3) is 27.5 Å². The minimum atomic E-state index is -0.288. The number of benzene rings is 5. The summed E-state index contributed by atoms with van der Waals surface area (Å²) in [7, 11) is 0. The number of fused-ring (bicyclic) bond motifs is 10. The summed E-state index contributed by atoms with van der Waals surface area (Å²) in [5.74, 6) is 2.09. The predicted octanol–water partition coefficient (Wildman–Crippen LogP) is 9.97. The zero-order valence-electron chi connectivity index (χ0n) is 27.7. The zero-order valence-corrected chi connectivity index (χ0v) is 28.5. The Kier molecular flexibility index (Phi) is 6.43. The lowest BCUT2D eigenvalue weighted by Crippen LogP contribution is -2.43. The van der Waals surface area contributed by atoms with Crippen molar-refractivity contribution in [3.63, 3.8) is 0 Å². The van der Waals surface area contributed by atoms with Gasteiger partial charge in [0.15, 0.2) is 0 Å². The second-order valence-corrected chi connectivity index (χ2v) is 14.9. The molecule has 5 aromatic carbocycles. The number of hydrogen-bond acceptors (Lipinski definition) is 5. The van der Waals surface area contributed by atoms with Crippen molar-refractivity contribution in [2.45, 2.75) is 34.2 Å². The summed E-state index contributed by atoms with van der Waals surface area (Å²) >= 11 is 1.98. The maximum Gasteiger partial charge on any atom is 0.230 e. The second-order valence-electron chi connectivity index (χ2n) is 13.7. The largest absolute Gasteiger partial charge is 0.344 e. The quantitative estimate of drug-likeness (QED) is 0.203. The van der Waals surface area contributed by atoms with Crippen LogP contribution in [0.4, 0.5) is 5.69 Å². The van der Waals surface area contributed by atoms with Crippen LogP contribution in [0.1, 0.15) is 40.3 Å². The molecule has 51 heavy (non-hydrogen) atoms. The lowest BCUT2D eigenvalue weighted by Gasteiger charge is -2.32. The van der Waals surface area contributed by atoms with Gasteiger partial charge in [-0.25, -0.2) is 4.99 Å². The minimum absolute atomic E-state index is 0.0347. The van der Waals surface area contributed by atoms with E-state index in [0.717, 1.165) is 17.0 Å². The summed E-state index contributed by atoms with van der Waals surface area (Å²) in [6.07, 6.45) is 17.8. The second kappa shape index (κ2) is 11.3. The van der Waals surface area contributed by atoms with Gasteiger partial charge in [-0.05, 0) is 41.0 Å². The first-order valence-electron chi connectivity index (χ1n) is 17.7. The van der Waals surface area contributed by atoms with E-state index >= 15 is 0 Å². The van der Waals surface area contributed by atoms with Gasteiger partial charge in [0.05, 0.1) is 22.8 Å². The van der Waals surface area contributed by atoms with Gasteiger partial charge in [0, 0.05) is 44.0 Å². The van der Waals surface area contributed by atoms with E-state index in [1.807, 2.05) is 17.8 Å². The first kappa shape index (κ1) is 28.9. The molecule has 5 atom stereocenters. The van der Waals surface area contributed by atoms with Gasteiger partial charge >= 0.3 is 0 Å². The highest BCUT2D eigenvalue weighted by molar-refractivity contribution is 8.00. The highest BCUT2D eigenvalue weighted by Gasteiger charge is 2.43. The maximum absolute atomic E-state index is 5.42. The summed E-state index contributed by atoms with van der Waals surface area (Å²) in [6, 6.07) is 41.5. The first-order chi connectivity index (χ1) is 25.3. The molecule has 0 bridgehead atoms. The van der Waals surface area contributed by atoms with Crippen molar-refractivity contribution in [3.05, 3.63) is 186 Å². The molecule has 244 valence electrons. The average Bonchev–Trinajstić information content (AvgIpc) is 3.86. The summed E-state index contributed by atoms with van der Waals surface area (Å²) in [6.45, 7) is 0. The Hall–Kier alpha value is -5.85. The van der Waals surface area contributed by atoms with Gasteiger partial charge in [0.2, 0.25) is 5.96 Å². The number of allylic oxidation sites excluding steroid dienone is 5. The van der Waals surface area contributed by atoms with Crippen molar-refractivity contribution >= 4 is 51.1 Å². The van der Waals surface area contributed by atoms with Crippen LogP contribution in [0.15, 0.2) is 179 Å². The maximum atomic E-state index is 5.42. The fourth-order valence-electron chi connectivity index (χ4n) is 8.62. The highest BCUT2D eigenvalue weighted by Crippen LogP contribution is 2.52. The van der Waals surface area contributed by atoms with Crippen molar-refractivity contribution in [2.24, 2.45) is 9.98 Å². The zero-order chi connectivity index (χ0) is 33.5. The number of nitrogens with zero attached hydrogens (tertiary/aromatic N) is 4. The molecular weight excluding hydrogens is 643 g/mol. The molecule has 0 saturated carbocycles. The minimum Gasteiger partial charge on any atom is -0.344 e. The summed E-state index contributed by atoms with van der Waals surface area (Å²) in [5.41, 5.74) is 9.58. The van der Waals surface area contributed by atoms with Crippen molar-refractivity contribution < 1.29 is 0 Å². The van der Waals surface area contributed by atoms with E-state index in [0.29, 0.717) is 17.1 Å². The first-order valence-corrected chi connectivity index (χ1v) is 18.6. The number of nitrogens with one attached hydrogen (secondary N) is 1. The molecule has 4 heterocycles. The topological polar surface area (TPSA) is 44.9 Å². The van der Waals surface area contributed by atoms with Crippen molar-refractivity contribution in [1.29, 1.82) is 0 Å². The van der Waals surface area contributed by atoms with Crippen LogP contribution in [0.3, 0.4) is 0 Å². The molecule has 0 saturated heterocycles. The molecule has 6 aromatic rings. The highest BCUT2D eigenvalue weighted by atomic mass is 32.2. The van der Waals surface area contributed by atoms with Gasteiger partial charge in [-0.1, -0.05) is 140 Å². The van der Waals surface area contributed by atoms with Gasteiger partial charge < -0.3 is 14.8 Å². The molecule has 5 unspecified atom stereocenters. The lowest BCUT2D eigenvalue weighted by molar-refractivity contribution is 0.661. The fraction of sp³-hybridized carbons (Fsp3) is 0.111. The molecule has 2 aliphatic carbocycles. The van der Waals surface area contributed by atoms with E-state index in [1.165, 1.54) is 49.2 Å². The number of thioether (sulfide) groups is 1. The van der Waals surface area contributed by atoms with Gasteiger partial charge in [0.25, 0.3) is 0 Å². The summed E-state index contributed by atoms with van der Waals surface area (Å²) < 4.78 is 2.50. The molecule has 1 aromatic heterocycles. The van der Waals surface area contributed by atoms with Crippen LogP contribution in [0, 0.1) is 0 Å². The van der Waals surface area contributed by atoms with E-state index in [1.54, 1.807) is 0 Å². The molecule has 11 rings (SSSR count). The smallest absolute Gasteiger partial charge is 0.230 e. The number of anilines is 1. The number of rotatable bonds is 3. The molecule has 0 amide bonds. The SMILES string of the molecule is C1=CC2Sc3ccc(-n4c5ccccc5c5ccc6c(c54)N(C4=NC(c5ccccc5)NC(c5ccccc5)=N4)C4C=CC=CC64)cc3C2C=C1. The summed E-state index contributed by atoms with van der Waals surface area (Å²) in [5, 5.41) is 6.59. The Labute approximate surface area is 300 Å². The molecule has 5 aliphatic rings. The van der Waals surface area contributed by atoms with Gasteiger partial charge in [0.1, 0.15) is 12.0 Å². The Morgan fingerprint density at radius 1 is 0.647 bits per heavy atom. The van der Waals surface area contributed by atoms with E-state index < -0.39 is 0 Å². The van der Waals surface area contributed by atoms with Gasteiger partial charge in [-0.15, -0.1) is 11.8 Å². The van der Waals surface area contributed by atoms with Crippen molar-refractivity contribution in [1.82, 2.24) is 9.88 Å². The number of amidine groups is 1. The Bertz CT molecular complexity index is 2570. The van der Waals surface area contributed by atoms with E-state index in [2.05, 4.69) is 173 Å². The lowest BCUT2D eigenvalue weighted by atomic mass is 9.91.